The lowest BCUT2D eigenvalue weighted by atomic mass is 9.91. The molecule has 1 unspecified atom stereocenters. The summed E-state index contributed by atoms with van der Waals surface area (Å²) in [6, 6.07) is 9.40. The number of benzene rings is 1. The zero-order chi connectivity index (χ0) is 16.1. The molecular weight excluding hydrogens is 282 g/mol. The normalized spacial score (nSPS) is 22.3. The Labute approximate surface area is 141 Å². The summed E-state index contributed by atoms with van der Waals surface area (Å²) in [4.78, 5) is 2.49. The summed E-state index contributed by atoms with van der Waals surface area (Å²) in [5.74, 6) is 1.20. The fourth-order valence-electron chi connectivity index (χ4n) is 4.04. The van der Waals surface area contributed by atoms with E-state index in [1.165, 1.54) is 68.4 Å². The van der Waals surface area contributed by atoms with Crippen molar-refractivity contribution in [3.63, 3.8) is 0 Å². The van der Waals surface area contributed by atoms with Crippen LogP contribution in [-0.2, 0) is 4.74 Å². The van der Waals surface area contributed by atoms with Crippen molar-refractivity contribution >= 4 is 5.76 Å². The van der Waals surface area contributed by atoms with Crippen molar-refractivity contribution in [3.8, 4) is 0 Å². The molecule has 1 aromatic carbocycles. The van der Waals surface area contributed by atoms with E-state index >= 15 is 0 Å². The first-order valence-electron chi connectivity index (χ1n) is 9.37. The van der Waals surface area contributed by atoms with Crippen LogP contribution in [0.3, 0.4) is 0 Å². The van der Waals surface area contributed by atoms with Gasteiger partial charge in [-0.15, -0.1) is 0 Å². The molecule has 1 saturated carbocycles. The minimum absolute atomic E-state index is 0.712. The second-order valence-electron chi connectivity index (χ2n) is 7.22. The lowest BCUT2D eigenvalue weighted by Crippen LogP contribution is -2.26. The van der Waals surface area contributed by atoms with Gasteiger partial charge in [0.25, 0.3) is 0 Å². The van der Waals surface area contributed by atoms with Gasteiger partial charge in [-0.2, -0.15) is 0 Å². The lowest BCUT2D eigenvalue weighted by molar-refractivity contribution is 0.210. The summed E-state index contributed by atoms with van der Waals surface area (Å²) in [6.45, 7) is 4.30. The summed E-state index contributed by atoms with van der Waals surface area (Å²) in [5.41, 5.74) is 4.19. The van der Waals surface area contributed by atoms with Gasteiger partial charge in [0, 0.05) is 11.6 Å². The topological polar surface area (TPSA) is 12.5 Å². The van der Waals surface area contributed by atoms with E-state index in [2.05, 4.69) is 43.1 Å². The van der Waals surface area contributed by atoms with Gasteiger partial charge in [0.1, 0.15) is 5.76 Å². The third kappa shape index (κ3) is 4.17. The molecule has 0 aromatic heterocycles. The zero-order valence-corrected chi connectivity index (χ0v) is 14.8. The van der Waals surface area contributed by atoms with Crippen LogP contribution >= 0.6 is 0 Å². The first kappa shape index (κ1) is 16.6. The summed E-state index contributed by atoms with van der Waals surface area (Å²) in [5, 5.41) is 0. The van der Waals surface area contributed by atoms with Crippen LogP contribution in [0.2, 0.25) is 0 Å². The van der Waals surface area contributed by atoms with E-state index in [1.807, 2.05) is 0 Å². The van der Waals surface area contributed by atoms with Gasteiger partial charge in [-0.3, -0.25) is 0 Å². The highest BCUT2D eigenvalue weighted by Gasteiger charge is 2.21. The Morgan fingerprint density at radius 3 is 2.61 bits per heavy atom. The van der Waals surface area contributed by atoms with E-state index in [0.29, 0.717) is 6.04 Å². The number of rotatable bonds is 5. The van der Waals surface area contributed by atoms with E-state index < -0.39 is 0 Å². The van der Waals surface area contributed by atoms with Gasteiger partial charge in [0.05, 0.1) is 6.61 Å². The molecule has 0 bridgehead atoms. The average molecular weight is 313 g/mol. The van der Waals surface area contributed by atoms with Crippen molar-refractivity contribution in [1.82, 2.24) is 4.90 Å². The molecule has 0 amide bonds. The lowest BCUT2D eigenvalue weighted by Gasteiger charge is -2.23. The first-order chi connectivity index (χ1) is 11.3. The second-order valence-corrected chi connectivity index (χ2v) is 7.22. The number of allylic oxidation sites excluding steroid dienone is 1. The number of likely N-dealkylation sites (tertiary alicyclic amines) is 1. The predicted molar refractivity (Wildman–Crippen MR) is 97.4 cm³/mol. The molecule has 1 aromatic rings. The maximum atomic E-state index is 6.41. The first-order valence-corrected chi connectivity index (χ1v) is 9.37. The van der Waals surface area contributed by atoms with Crippen molar-refractivity contribution in [3.05, 3.63) is 41.0 Å². The molecule has 1 atom stereocenters. The van der Waals surface area contributed by atoms with Gasteiger partial charge in [0.15, 0.2) is 0 Å². The highest BCUT2D eigenvalue weighted by atomic mass is 16.5. The highest BCUT2D eigenvalue weighted by molar-refractivity contribution is 5.66. The third-order valence-corrected chi connectivity index (χ3v) is 5.54. The Balaban J connectivity index is 1.72. The van der Waals surface area contributed by atoms with Crippen LogP contribution in [0.15, 0.2) is 29.8 Å². The minimum Gasteiger partial charge on any atom is -0.493 e. The van der Waals surface area contributed by atoms with Crippen molar-refractivity contribution in [2.24, 2.45) is 0 Å². The Bertz CT molecular complexity index is 541. The molecule has 0 spiro atoms. The summed E-state index contributed by atoms with van der Waals surface area (Å²) >= 11 is 0. The van der Waals surface area contributed by atoms with Crippen LogP contribution in [-0.4, -0.2) is 31.1 Å². The largest absolute Gasteiger partial charge is 0.493 e. The SMILES string of the molecule is Cc1ccccc1C(OCCC1CCCN1C)=C1CCCCC1. The molecule has 23 heavy (non-hydrogen) atoms. The molecule has 0 radical (unpaired) electrons. The van der Waals surface area contributed by atoms with Crippen LogP contribution in [0.5, 0.6) is 0 Å². The smallest absolute Gasteiger partial charge is 0.125 e. The molecule has 1 heterocycles. The number of nitrogens with zero attached hydrogens (tertiary/aromatic N) is 1. The van der Waals surface area contributed by atoms with Crippen LogP contribution in [0, 0.1) is 6.92 Å². The Kier molecular flexibility index (Phi) is 5.77. The Morgan fingerprint density at radius 1 is 1.13 bits per heavy atom. The number of hydrogen-bond donors (Lipinski definition) is 0. The standard InChI is InChI=1S/C21H31NO/c1-17-9-6-7-13-20(17)21(18-10-4-3-5-11-18)23-16-14-19-12-8-15-22(19)2/h6-7,9,13,19H,3-5,8,10-12,14-16H2,1-2H3. The predicted octanol–water partition coefficient (Wildman–Crippen LogP) is 5.17. The van der Waals surface area contributed by atoms with Crippen molar-refractivity contribution in [2.45, 2.75) is 64.3 Å². The van der Waals surface area contributed by atoms with Gasteiger partial charge in [-0.05, 0) is 76.6 Å². The molecular formula is C21H31NO. The summed E-state index contributed by atoms with van der Waals surface area (Å²) < 4.78 is 6.41. The van der Waals surface area contributed by atoms with Crippen molar-refractivity contribution < 1.29 is 4.74 Å². The minimum atomic E-state index is 0.712. The van der Waals surface area contributed by atoms with Crippen molar-refractivity contribution in [1.29, 1.82) is 0 Å². The van der Waals surface area contributed by atoms with Crippen LogP contribution < -0.4 is 0 Å². The monoisotopic (exact) mass is 313 g/mol. The molecule has 2 nitrogen and oxygen atoms in total. The Hall–Kier alpha value is -1.28. The number of ether oxygens (including phenoxy) is 1. The van der Waals surface area contributed by atoms with E-state index in [4.69, 9.17) is 4.74 Å². The molecule has 0 N–H and O–H groups in total. The molecule has 1 aliphatic carbocycles. The third-order valence-electron chi connectivity index (χ3n) is 5.54. The van der Waals surface area contributed by atoms with Gasteiger partial charge < -0.3 is 9.64 Å². The maximum absolute atomic E-state index is 6.41. The second kappa shape index (κ2) is 8.01. The maximum Gasteiger partial charge on any atom is 0.125 e. The molecule has 2 fully saturated rings. The molecule has 1 aliphatic heterocycles. The number of aryl methyl sites for hydroxylation is 1. The van der Waals surface area contributed by atoms with E-state index in [9.17, 15) is 0 Å². The van der Waals surface area contributed by atoms with E-state index in [1.54, 1.807) is 5.57 Å². The molecule has 2 heteroatoms. The van der Waals surface area contributed by atoms with Crippen LogP contribution in [0.4, 0.5) is 0 Å². The number of hydrogen-bond acceptors (Lipinski definition) is 2. The van der Waals surface area contributed by atoms with Gasteiger partial charge in [-0.1, -0.05) is 30.7 Å². The Morgan fingerprint density at radius 2 is 1.91 bits per heavy atom. The highest BCUT2D eigenvalue weighted by Crippen LogP contribution is 2.33. The fourth-order valence-corrected chi connectivity index (χ4v) is 4.04. The van der Waals surface area contributed by atoms with Crippen molar-refractivity contribution in [2.75, 3.05) is 20.2 Å². The van der Waals surface area contributed by atoms with Crippen LogP contribution in [0.1, 0.15) is 62.5 Å². The fraction of sp³-hybridized carbons (Fsp3) is 0.619. The van der Waals surface area contributed by atoms with E-state index in [0.717, 1.165) is 13.0 Å². The molecule has 3 rings (SSSR count). The van der Waals surface area contributed by atoms with Gasteiger partial charge >= 0.3 is 0 Å². The zero-order valence-electron chi connectivity index (χ0n) is 14.8. The van der Waals surface area contributed by atoms with E-state index in [-0.39, 0.29) is 0 Å². The summed E-state index contributed by atoms with van der Waals surface area (Å²) in [7, 11) is 2.25. The average Bonchev–Trinajstić information content (AvgIpc) is 2.99. The summed E-state index contributed by atoms with van der Waals surface area (Å²) in [6.07, 6.45) is 10.3. The van der Waals surface area contributed by atoms with Crippen LogP contribution in [0.25, 0.3) is 5.76 Å². The van der Waals surface area contributed by atoms with Gasteiger partial charge in [0.2, 0.25) is 0 Å². The van der Waals surface area contributed by atoms with Gasteiger partial charge in [-0.25, -0.2) is 0 Å². The molecule has 126 valence electrons. The molecule has 1 saturated heterocycles. The quantitative estimate of drug-likeness (QED) is 0.695. The molecule has 2 aliphatic rings.